The van der Waals surface area contributed by atoms with Gasteiger partial charge in [-0.1, -0.05) is 25.5 Å². The summed E-state index contributed by atoms with van der Waals surface area (Å²) in [6.45, 7) is 2.53. The van der Waals surface area contributed by atoms with Crippen molar-refractivity contribution >= 4 is 0 Å². The van der Waals surface area contributed by atoms with E-state index in [2.05, 4.69) is 0 Å². The van der Waals surface area contributed by atoms with E-state index in [0.717, 1.165) is 25.2 Å². The van der Waals surface area contributed by atoms with Crippen LogP contribution in [0.25, 0.3) is 22.5 Å². The van der Waals surface area contributed by atoms with Gasteiger partial charge in [0, 0.05) is 18.0 Å². The zero-order valence-electron chi connectivity index (χ0n) is 14.6. The van der Waals surface area contributed by atoms with Crippen LogP contribution in [0.3, 0.4) is 0 Å². The van der Waals surface area contributed by atoms with E-state index in [1.807, 2.05) is 6.92 Å². The highest BCUT2D eigenvalue weighted by Crippen LogP contribution is 2.29. The molecule has 0 aliphatic rings. The number of unbranched alkanes of at least 4 members (excludes halogenated alkanes) is 1. The molecule has 0 aliphatic carbocycles. The molecule has 0 N–H and O–H groups in total. The maximum Gasteiger partial charge on any atom is 0.488 e. The van der Waals surface area contributed by atoms with Crippen molar-refractivity contribution in [1.82, 2.24) is 4.57 Å². The van der Waals surface area contributed by atoms with Gasteiger partial charge in [-0.25, -0.2) is 0 Å². The molecular weight excluding hydrogens is 359 g/mol. The minimum atomic E-state index is -4.67. The Labute approximate surface area is 153 Å². The molecule has 3 aromatic rings. The Morgan fingerprint density at radius 3 is 2.56 bits per heavy atom. The number of hydrogen-bond donors (Lipinski definition) is 0. The first kappa shape index (κ1) is 18.8. The first-order chi connectivity index (χ1) is 12.9. The second-order valence-electron chi connectivity index (χ2n) is 6.00. The first-order valence-corrected chi connectivity index (χ1v) is 8.50. The minimum Gasteiger partial charge on any atom is -0.494 e. The van der Waals surface area contributed by atoms with Crippen molar-refractivity contribution in [1.29, 1.82) is 0 Å². The fourth-order valence-corrected chi connectivity index (χ4v) is 2.62. The lowest BCUT2D eigenvalue weighted by molar-refractivity contribution is -0.204. The Morgan fingerprint density at radius 2 is 1.89 bits per heavy atom. The molecule has 4 nitrogen and oxygen atoms in total. The highest BCUT2D eigenvalue weighted by Gasteiger charge is 2.31. The van der Waals surface area contributed by atoms with Gasteiger partial charge in [-0.3, -0.25) is 9.36 Å². The van der Waals surface area contributed by atoms with E-state index in [0.29, 0.717) is 17.9 Å². The normalized spacial score (nSPS) is 11.6. The van der Waals surface area contributed by atoms with Gasteiger partial charge in [0.05, 0.1) is 18.4 Å². The van der Waals surface area contributed by atoms with E-state index >= 15 is 0 Å². The molecule has 0 radical (unpaired) electrons. The van der Waals surface area contributed by atoms with E-state index < -0.39 is 11.7 Å². The quantitative estimate of drug-likeness (QED) is 0.538. The standard InChI is InChI=1S/C20H18F3NO3/c1-2-3-9-26-15-7-4-6-14(11-15)16-12-24(20(21,22)23)13-17(19(16)25)18-8-5-10-27-18/h4-8,10-13H,2-3,9H2,1H3. The van der Waals surface area contributed by atoms with E-state index in [1.165, 1.54) is 18.4 Å². The lowest BCUT2D eigenvalue weighted by atomic mass is 10.0. The van der Waals surface area contributed by atoms with Gasteiger partial charge in [-0.15, -0.1) is 13.2 Å². The number of ether oxygens (including phenoxy) is 1. The highest BCUT2D eigenvalue weighted by atomic mass is 19.4. The predicted molar refractivity (Wildman–Crippen MR) is 95.5 cm³/mol. The van der Waals surface area contributed by atoms with Crippen LogP contribution < -0.4 is 10.2 Å². The number of furan rings is 1. The van der Waals surface area contributed by atoms with Crippen molar-refractivity contribution in [2.75, 3.05) is 6.61 Å². The van der Waals surface area contributed by atoms with Crippen molar-refractivity contribution in [3.8, 4) is 28.2 Å². The van der Waals surface area contributed by atoms with Gasteiger partial charge in [0.2, 0.25) is 0 Å². The Morgan fingerprint density at radius 1 is 1.11 bits per heavy atom. The lowest BCUT2D eigenvalue weighted by Crippen LogP contribution is -2.21. The molecule has 0 unspecified atom stereocenters. The van der Waals surface area contributed by atoms with E-state index in [1.54, 1.807) is 24.3 Å². The summed E-state index contributed by atoms with van der Waals surface area (Å²) in [6, 6.07) is 9.47. The second kappa shape index (κ2) is 7.73. The largest absolute Gasteiger partial charge is 0.494 e. The molecule has 0 amide bonds. The van der Waals surface area contributed by atoms with Gasteiger partial charge in [0.25, 0.3) is 0 Å². The van der Waals surface area contributed by atoms with Gasteiger partial charge >= 0.3 is 6.30 Å². The highest BCUT2D eigenvalue weighted by molar-refractivity contribution is 5.70. The van der Waals surface area contributed by atoms with Crippen LogP contribution in [0, 0.1) is 0 Å². The fourth-order valence-electron chi connectivity index (χ4n) is 2.62. The van der Waals surface area contributed by atoms with Crippen molar-refractivity contribution < 1.29 is 22.3 Å². The number of benzene rings is 1. The summed E-state index contributed by atoms with van der Waals surface area (Å²) < 4.78 is 50.8. The minimum absolute atomic E-state index is 0.0617. The van der Waals surface area contributed by atoms with Crippen LogP contribution in [0.5, 0.6) is 5.75 Å². The number of halogens is 3. The van der Waals surface area contributed by atoms with E-state index in [4.69, 9.17) is 9.15 Å². The van der Waals surface area contributed by atoms with Crippen LogP contribution in [0.1, 0.15) is 19.8 Å². The molecule has 1 aromatic carbocycles. The molecule has 0 atom stereocenters. The number of alkyl halides is 3. The summed E-state index contributed by atoms with van der Waals surface area (Å²) in [7, 11) is 0. The third kappa shape index (κ3) is 4.24. The summed E-state index contributed by atoms with van der Waals surface area (Å²) in [4.78, 5) is 12.8. The van der Waals surface area contributed by atoms with Crippen LogP contribution in [0.4, 0.5) is 13.2 Å². The zero-order valence-corrected chi connectivity index (χ0v) is 14.6. The van der Waals surface area contributed by atoms with Crippen LogP contribution in [0.2, 0.25) is 0 Å². The summed E-state index contributed by atoms with van der Waals surface area (Å²) >= 11 is 0. The Kier molecular flexibility index (Phi) is 5.39. The maximum atomic E-state index is 13.3. The van der Waals surface area contributed by atoms with E-state index in [9.17, 15) is 18.0 Å². The van der Waals surface area contributed by atoms with Gasteiger partial charge in [-0.05, 0) is 36.2 Å². The third-order valence-corrected chi connectivity index (χ3v) is 4.02. The van der Waals surface area contributed by atoms with Gasteiger partial charge in [0.15, 0.2) is 5.43 Å². The van der Waals surface area contributed by atoms with Gasteiger partial charge in [0.1, 0.15) is 11.5 Å². The molecule has 0 bridgehead atoms. The molecule has 27 heavy (non-hydrogen) atoms. The van der Waals surface area contributed by atoms with Crippen LogP contribution in [-0.4, -0.2) is 11.2 Å². The van der Waals surface area contributed by atoms with Gasteiger partial charge in [-0.2, -0.15) is 0 Å². The van der Waals surface area contributed by atoms with Crippen LogP contribution in [-0.2, 0) is 6.30 Å². The number of aromatic nitrogens is 1. The second-order valence-corrected chi connectivity index (χ2v) is 6.00. The van der Waals surface area contributed by atoms with Crippen molar-refractivity contribution in [2.45, 2.75) is 26.1 Å². The summed E-state index contributed by atoms with van der Waals surface area (Å²) in [5.74, 6) is 0.581. The molecule has 2 aromatic heterocycles. The molecule has 0 fully saturated rings. The smallest absolute Gasteiger partial charge is 0.488 e. The molecule has 2 heterocycles. The first-order valence-electron chi connectivity index (χ1n) is 8.50. The van der Waals surface area contributed by atoms with Crippen molar-refractivity contribution in [3.05, 3.63) is 65.3 Å². The maximum absolute atomic E-state index is 13.3. The van der Waals surface area contributed by atoms with Gasteiger partial charge < -0.3 is 9.15 Å². The Balaban J connectivity index is 2.11. The van der Waals surface area contributed by atoms with Crippen molar-refractivity contribution in [3.63, 3.8) is 0 Å². The number of pyridine rings is 1. The molecule has 0 saturated carbocycles. The Hall–Kier alpha value is -2.96. The predicted octanol–water partition coefficient (Wildman–Crippen LogP) is 5.43. The average molecular weight is 377 g/mol. The third-order valence-electron chi connectivity index (χ3n) is 4.02. The lowest BCUT2D eigenvalue weighted by Gasteiger charge is -2.14. The molecule has 0 spiro atoms. The van der Waals surface area contributed by atoms with Crippen LogP contribution in [0.15, 0.2) is 64.3 Å². The fraction of sp³-hybridized carbons (Fsp3) is 0.250. The monoisotopic (exact) mass is 377 g/mol. The molecule has 0 aliphatic heterocycles. The van der Waals surface area contributed by atoms with E-state index in [-0.39, 0.29) is 21.5 Å². The average Bonchev–Trinajstić information content (AvgIpc) is 3.16. The molecule has 3 rings (SSSR count). The molecule has 0 saturated heterocycles. The number of nitrogens with zero attached hydrogens (tertiary/aromatic N) is 1. The SMILES string of the molecule is CCCCOc1cccc(-c2cn(C(F)(F)F)cc(-c3ccco3)c2=O)c1. The topological polar surface area (TPSA) is 44.4 Å². The zero-order chi connectivity index (χ0) is 19.4. The Bertz CT molecular complexity index is 959. The molecular formula is C20H18F3NO3. The molecule has 142 valence electrons. The number of hydrogen-bond acceptors (Lipinski definition) is 3. The summed E-state index contributed by atoms with van der Waals surface area (Å²) in [5.41, 5.74) is -0.439. The summed E-state index contributed by atoms with van der Waals surface area (Å²) in [5, 5.41) is 0. The number of rotatable bonds is 6. The molecule has 7 heteroatoms. The summed E-state index contributed by atoms with van der Waals surface area (Å²) in [6.07, 6.45) is -0.00689. The van der Waals surface area contributed by atoms with Crippen LogP contribution >= 0.6 is 0 Å². The van der Waals surface area contributed by atoms with Crippen molar-refractivity contribution in [2.24, 2.45) is 0 Å².